The molecule has 7 nitrogen and oxygen atoms in total. The van der Waals surface area contributed by atoms with Crippen LogP contribution in [0.1, 0.15) is 21.6 Å². The van der Waals surface area contributed by atoms with Gasteiger partial charge in [0, 0.05) is 17.3 Å². The van der Waals surface area contributed by atoms with Crippen LogP contribution in [0.3, 0.4) is 0 Å². The van der Waals surface area contributed by atoms with Crippen LogP contribution in [-0.2, 0) is 6.54 Å². The second-order valence-electron chi connectivity index (χ2n) is 5.83. The number of nitrogens with one attached hydrogen (secondary N) is 2. The van der Waals surface area contributed by atoms with E-state index in [9.17, 15) is 9.59 Å². The minimum atomic E-state index is -0.650. The highest BCUT2D eigenvalue weighted by Crippen LogP contribution is 2.16. The van der Waals surface area contributed by atoms with Gasteiger partial charge >= 0.3 is 6.03 Å². The van der Waals surface area contributed by atoms with Crippen LogP contribution in [0.4, 0.5) is 16.3 Å². The zero-order valence-electron chi connectivity index (χ0n) is 14.3. The van der Waals surface area contributed by atoms with Crippen LogP contribution in [0.15, 0.2) is 60.7 Å². The number of aromatic nitrogens is 2. The van der Waals surface area contributed by atoms with Crippen molar-refractivity contribution >= 4 is 23.4 Å². The van der Waals surface area contributed by atoms with E-state index in [2.05, 4.69) is 15.7 Å². The number of benzene rings is 2. The summed E-state index contributed by atoms with van der Waals surface area (Å²) in [6.45, 7) is 2.44. The fourth-order valence-electron chi connectivity index (χ4n) is 2.56. The summed E-state index contributed by atoms with van der Waals surface area (Å²) in [5.41, 5.74) is 7.97. The number of aryl methyl sites for hydroxylation is 1. The summed E-state index contributed by atoms with van der Waals surface area (Å²) in [4.78, 5) is 23.3. The number of carbonyl (C=O) groups is 2. The number of hydrogen-bond acceptors (Lipinski definition) is 3. The normalized spacial score (nSPS) is 10.3. The number of hydrogen-bond donors (Lipinski definition) is 3. The Morgan fingerprint density at radius 1 is 1.04 bits per heavy atom. The van der Waals surface area contributed by atoms with Crippen LogP contribution in [0, 0.1) is 6.92 Å². The van der Waals surface area contributed by atoms with E-state index in [0.29, 0.717) is 23.6 Å². The molecule has 0 saturated carbocycles. The molecule has 2 aromatic carbocycles. The molecule has 0 unspecified atom stereocenters. The van der Waals surface area contributed by atoms with Gasteiger partial charge in [0.2, 0.25) is 0 Å². The number of amides is 3. The van der Waals surface area contributed by atoms with Crippen LogP contribution in [0.2, 0.25) is 0 Å². The minimum Gasteiger partial charge on any atom is -0.351 e. The number of anilines is 2. The lowest BCUT2D eigenvalue weighted by molar-refractivity contribution is 0.102. The Morgan fingerprint density at radius 2 is 1.73 bits per heavy atom. The van der Waals surface area contributed by atoms with Crippen LogP contribution in [0.5, 0.6) is 0 Å². The van der Waals surface area contributed by atoms with Gasteiger partial charge in [-0.3, -0.25) is 4.79 Å². The monoisotopic (exact) mass is 349 g/mol. The molecule has 3 rings (SSSR count). The first-order valence-electron chi connectivity index (χ1n) is 8.07. The number of urea groups is 1. The molecule has 1 aromatic heterocycles. The number of carbonyl (C=O) groups excluding carboxylic acids is 2. The van der Waals surface area contributed by atoms with Gasteiger partial charge in [-0.2, -0.15) is 5.10 Å². The van der Waals surface area contributed by atoms with Crippen molar-refractivity contribution in [2.24, 2.45) is 5.73 Å². The first-order chi connectivity index (χ1) is 12.5. The fourth-order valence-corrected chi connectivity index (χ4v) is 2.56. The number of rotatable bonds is 5. The van der Waals surface area contributed by atoms with Gasteiger partial charge in [-0.1, -0.05) is 30.3 Å². The zero-order chi connectivity index (χ0) is 18.5. The molecule has 3 aromatic rings. The number of nitrogens with two attached hydrogens (primary N) is 1. The molecule has 0 aliphatic rings. The van der Waals surface area contributed by atoms with Crippen molar-refractivity contribution in [3.05, 3.63) is 77.5 Å². The fraction of sp³-hybridized carbons (Fsp3) is 0.105. The van der Waals surface area contributed by atoms with E-state index < -0.39 is 6.03 Å². The Labute approximate surface area is 150 Å². The molecule has 0 aliphatic carbocycles. The third-order valence-corrected chi connectivity index (χ3v) is 3.73. The SMILES string of the molecule is Cc1cc(NC(=O)c2ccc(NC(N)=O)cc2)n(Cc2ccccc2)n1. The number of primary amides is 1. The maximum atomic E-state index is 12.5. The summed E-state index contributed by atoms with van der Waals surface area (Å²) in [5.74, 6) is 0.362. The zero-order valence-corrected chi connectivity index (χ0v) is 14.3. The lowest BCUT2D eigenvalue weighted by Gasteiger charge is -2.09. The standard InChI is InChI=1S/C19H19N5O2/c1-13-11-17(24(23-13)12-14-5-3-2-4-6-14)22-18(25)15-7-9-16(10-8-15)21-19(20)26/h2-11H,12H2,1H3,(H,22,25)(H3,20,21,26). The Kier molecular flexibility index (Phi) is 4.98. The second kappa shape index (κ2) is 7.52. The summed E-state index contributed by atoms with van der Waals surface area (Å²) in [6, 6.07) is 17.5. The Bertz CT molecular complexity index is 917. The van der Waals surface area contributed by atoms with E-state index in [4.69, 9.17) is 5.73 Å². The quantitative estimate of drug-likeness (QED) is 0.660. The minimum absolute atomic E-state index is 0.259. The largest absolute Gasteiger partial charge is 0.351 e. The molecule has 26 heavy (non-hydrogen) atoms. The summed E-state index contributed by atoms with van der Waals surface area (Å²) >= 11 is 0. The van der Waals surface area contributed by atoms with E-state index in [1.807, 2.05) is 43.3 Å². The molecule has 0 spiro atoms. The van der Waals surface area contributed by atoms with Gasteiger partial charge in [0.1, 0.15) is 5.82 Å². The van der Waals surface area contributed by atoms with Crippen molar-refractivity contribution in [1.29, 1.82) is 0 Å². The summed E-state index contributed by atoms with van der Waals surface area (Å²) in [5, 5.41) is 9.77. The molecule has 0 saturated heterocycles. The molecule has 0 bridgehead atoms. The Morgan fingerprint density at radius 3 is 2.38 bits per heavy atom. The second-order valence-corrected chi connectivity index (χ2v) is 5.83. The summed E-state index contributed by atoms with van der Waals surface area (Å²) in [6.07, 6.45) is 0. The van der Waals surface area contributed by atoms with E-state index in [1.165, 1.54) is 0 Å². The number of nitrogens with zero attached hydrogens (tertiary/aromatic N) is 2. The van der Waals surface area contributed by atoms with Gasteiger partial charge in [-0.25, -0.2) is 9.48 Å². The van der Waals surface area contributed by atoms with Gasteiger partial charge in [0.25, 0.3) is 5.91 Å². The van der Waals surface area contributed by atoms with Crippen LogP contribution >= 0.6 is 0 Å². The van der Waals surface area contributed by atoms with Crippen molar-refractivity contribution in [3.63, 3.8) is 0 Å². The van der Waals surface area contributed by atoms with Crippen LogP contribution in [0.25, 0.3) is 0 Å². The topological polar surface area (TPSA) is 102 Å². The maximum Gasteiger partial charge on any atom is 0.316 e. The van der Waals surface area contributed by atoms with Crippen molar-refractivity contribution in [1.82, 2.24) is 9.78 Å². The first-order valence-corrected chi connectivity index (χ1v) is 8.07. The average molecular weight is 349 g/mol. The summed E-state index contributed by atoms with van der Waals surface area (Å²) in [7, 11) is 0. The first kappa shape index (κ1) is 17.2. The van der Waals surface area contributed by atoms with E-state index in [1.54, 1.807) is 28.9 Å². The summed E-state index contributed by atoms with van der Waals surface area (Å²) < 4.78 is 1.76. The molecular formula is C19H19N5O2. The third-order valence-electron chi connectivity index (χ3n) is 3.73. The molecule has 1 heterocycles. The van der Waals surface area contributed by atoms with Gasteiger partial charge < -0.3 is 16.4 Å². The van der Waals surface area contributed by atoms with Crippen LogP contribution in [-0.4, -0.2) is 21.7 Å². The molecule has 0 radical (unpaired) electrons. The molecule has 132 valence electrons. The van der Waals surface area contributed by atoms with Gasteiger partial charge in [0.05, 0.1) is 12.2 Å². The third kappa shape index (κ3) is 4.27. The Balaban J connectivity index is 1.74. The maximum absolute atomic E-state index is 12.5. The van der Waals surface area contributed by atoms with Gasteiger partial charge in [-0.15, -0.1) is 0 Å². The molecule has 0 aliphatic heterocycles. The van der Waals surface area contributed by atoms with Gasteiger partial charge in [-0.05, 0) is 36.8 Å². The lowest BCUT2D eigenvalue weighted by atomic mass is 10.2. The highest BCUT2D eigenvalue weighted by molar-refractivity contribution is 6.04. The van der Waals surface area contributed by atoms with Crippen molar-refractivity contribution in [3.8, 4) is 0 Å². The van der Waals surface area contributed by atoms with E-state index >= 15 is 0 Å². The average Bonchev–Trinajstić information content (AvgIpc) is 2.95. The van der Waals surface area contributed by atoms with E-state index in [0.717, 1.165) is 11.3 Å². The predicted molar refractivity (Wildman–Crippen MR) is 100 cm³/mol. The molecule has 4 N–H and O–H groups in total. The van der Waals surface area contributed by atoms with Gasteiger partial charge in [0.15, 0.2) is 0 Å². The van der Waals surface area contributed by atoms with Crippen molar-refractivity contribution in [2.45, 2.75) is 13.5 Å². The molecule has 7 heteroatoms. The highest BCUT2D eigenvalue weighted by Gasteiger charge is 2.12. The molecule has 3 amide bonds. The highest BCUT2D eigenvalue weighted by atomic mass is 16.2. The molecular weight excluding hydrogens is 330 g/mol. The molecule has 0 atom stereocenters. The molecule has 0 fully saturated rings. The van der Waals surface area contributed by atoms with Crippen molar-refractivity contribution in [2.75, 3.05) is 10.6 Å². The Hall–Kier alpha value is -3.61. The van der Waals surface area contributed by atoms with E-state index in [-0.39, 0.29) is 5.91 Å². The van der Waals surface area contributed by atoms with Crippen LogP contribution < -0.4 is 16.4 Å². The van der Waals surface area contributed by atoms with Crippen molar-refractivity contribution < 1.29 is 9.59 Å². The lowest BCUT2D eigenvalue weighted by Crippen LogP contribution is -2.19. The predicted octanol–water partition coefficient (Wildman–Crippen LogP) is 2.98. The smallest absolute Gasteiger partial charge is 0.316 e.